The maximum absolute atomic E-state index is 12.6. The quantitative estimate of drug-likeness (QED) is 0.684. The molecule has 2 heterocycles. The van der Waals surface area contributed by atoms with Crippen LogP contribution in [0.4, 0.5) is 0 Å². The summed E-state index contributed by atoms with van der Waals surface area (Å²) in [5.74, 6) is 0.727. The van der Waals surface area contributed by atoms with Crippen molar-refractivity contribution in [1.82, 2.24) is 9.71 Å². The molecule has 136 valence electrons. The molecular formula is C18H18N2O5S. The zero-order valence-corrected chi connectivity index (χ0v) is 15.1. The van der Waals surface area contributed by atoms with E-state index >= 15 is 0 Å². The van der Waals surface area contributed by atoms with Crippen molar-refractivity contribution in [3.8, 4) is 22.8 Å². The number of methoxy groups -OCH3 is 2. The topological polar surface area (TPSA) is 90.7 Å². The maximum Gasteiger partial charge on any atom is 0.244 e. The molecule has 0 aliphatic heterocycles. The van der Waals surface area contributed by atoms with Crippen molar-refractivity contribution in [2.75, 3.05) is 14.2 Å². The van der Waals surface area contributed by atoms with E-state index in [0.717, 1.165) is 16.8 Å². The van der Waals surface area contributed by atoms with Crippen LogP contribution in [0.1, 0.15) is 5.56 Å². The summed E-state index contributed by atoms with van der Waals surface area (Å²) in [4.78, 5) is 4.36. The van der Waals surface area contributed by atoms with Crippen LogP contribution in [0, 0.1) is 0 Å². The number of hydrogen-bond acceptors (Lipinski definition) is 6. The molecule has 3 aromatic rings. The standard InChI is InChI=1S/C18H18N2O5S/c1-23-15-4-6-18(17(9-15)24-2)26(21,22)20-11-13-3-5-16(19-10-13)14-7-8-25-12-14/h3-10,12,20H,11H2,1-2H3. The lowest BCUT2D eigenvalue weighted by Gasteiger charge is -2.12. The molecule has 0 atom stereocenters. The van der Waals surface area contributed by atoms with Crippen molar-refractivity contribution in [2.24, 2.45) is 0 Å². The van der Waals surface area contributed by atoms with Gasteiger partial charge in [-0.15, -0.1) is 0 Å². The molecule has 7 nitrogen and oxygen atoms in total. The highest BCUT2D eigenvalue weighted by Gasteiger charge is 2.20. The van der Waals surface area contributed by atoms with Crippen molar-refractivity contribution in [3.63, 3.8) is 0 Å². The van der Waals surface area contributed by atoms with Gasteiger partial charge in [0.1, 0.15) is 16.4 Å². The Morgan fingerprint density at radius 2 is 1.96 bits per heavy atom. The van der Waals surface area contributed by atoms with E-state index in [1.54, 1.807) is 30.9 Å². The minimum absolute atomic E-state index is 0.0452. The number of benzene rings is 1. The molecule has 0 saturated heterocycles. The minimum Gasteiger partial charge on any atom is -0.497 e. The summed E-state index contributed by atoms with van der Waals surface area (Å²) in [6.07, 6.45) is 4.79. The van der Waals surface area contributed by atoms with Crippen LogP contribution in [0.2, 0.25) is 0 Å². The van der Waals surface area contributed by atoms with Gasteiger partial charge in [-0.05, 0) is 29.8 Å². The van der Waals surface area contributed by atoms with Gasteiger partial charge in [0.2, 0.25) is 10.0 Å². The number of rotatable bonds is 7. The van der Waals surface area contributed by atoms with E-state index in [1.807, 2.05) is 12.1 Å². The van der Waals surface area contributed by atoms with E-state index in [2.05, 4.69) is 9.71 Å². The third-order valence-corrected chi connectivity index (χ3v) is 5.21. The lowest BCUT2D eigenvalue weighted by molar-refractivity contribution is 0.386. The van der Waals surface area contributed by atoms with E-state index in [9.17, 15) is 8.42 Å². The molecule has 0 aliphatic rings. The summed E-state index contributed by atoms with van der Waals surface area (Å²) in [6, 6.07) is 9.96. The van der Waals surface area contributed by atoms with Crippen LogP contribution in [-0.4, -0.2) is 27.6 Å². The Labute approximate surface area is 151 Å². The predicted molar refractivity (Wildman–Crippen MR) is 95.5 cm³/mol. The molecule has 2 aromatic heterocycles. The monoisotopic (exact) mass is 374 g/mol. The van der Waals surface area contributed by atoms with Crippen molar-refractivity contribution in [2.45, 2.75) is 11.4 Å². The van der Waals surface area contributed by atoms with E-state index in [4.69, 9.17) is 13.9 Å². The van der Waals surface area contributed by atoms with Crippen molar-refractivity contribution in [3.05, 3.63) is 60.7 Å². The van der Waals surface area contributed by atoms with Crippen molar-refractivity contribution >= 4 is 10.0 Å². The summed E-state index contributed by atoms with van der Waals surface area (Å²) < 4.78 is 43.0. The summed E-state index contributed by atoms with van der Waals surface area (Å²) in [6.45, 7) is 0.107. The Hall–Kier alpha value is -2.84. The van der Waals surface area contributed by atoms with Gasteiger partial charge in [-0.1, -0.05) is 6.07 Å². The lowest BCUT2D eigenvalue weighted by atomic mass is 10.2. The minimum atomic E-state index is -3.75. The fourth-order valence-electron chi connectivity index (χ4n) is 2.36. The highest BCUT2D eigenvalue weighted by atomic mass is 32.2. The van der Waals surface area contributed by atoms with Gasteiger partial charge in [0.05, 0.1) is 32.4 Å². The van der Waals surface area contributed by atoms with Gasteiger partial charge < -0.3 is 13.9 Å². The normalized spacial score (nSPS) is 11.3. The third kappa shape index (κ3) is 3.87. The van der Waals surface area contributed by atoms with Crippen LogP contribution in [0.5, 0.6) is 11.5 Å². The summed E-state index contributed by atoms with van der Waals surface area (Å²) in [5.41, 5.74) is 2.34. The second-order valence-electron chi connectivity index (χ2n) is 5.41. The smallest absolute Gasteiger partial charge is 0.244 e. The van der Waals surface area contributed by atoms with Gasteiger partial charge in [0, 0.05) is 24.4 Å². The second-order valence-corrected chi connectivity index (χ2v) is 7.14. The molecule has 26 heavy (non-hydrogen) atoms. The first-order chi connectivity index (χ1) is 12.5. The van der Waals surface area contributed by atoms with Gasteiger partial charge in [0.25, 0.3) is 0 Å². The Morgan fingerprint density at radius 3 is 2.58 bits per heavy atom. The average molecular weight is 374 g/mol. The third-order valence-electron chi connectivity index (χ3n) is 3.77. The molecule has 0 aliphatic carbocycles. The molecular weight excluding hydrogens is 356 g/mol. The molecule has 0 bridgehead atoms. The van der Waals surface area contributed by atoms with Crippen LogP contribution in [-0.2, 0) is 16.6 Å². The maximum atomic E-state index is 12.6. The predicted octanol–water partition coefficient (Wildman–Crippen LogP) is 2.84. The lowest BCUT2D eigenvalue weighted by Crippen LogP contribution is -2.23. The Bertz CT molecular complexity index is 967. The van der Waals surface area contributed by atoms with Gasteiger partial charge in [-0.2, -0.15) is 0 Å². The van der Waals surface area contributed by atoms with Crippen molar-refractivity contribution < 1.29 is 22.3 Å². The zero-order valence-electron chi connectivity index (χ0n) is 14.3. The van der Waals surface area contributed by atoms with E-state index in [1.165, 1.54) is 26.4 Å². The first-order valence-corrected chi connectivity index (χ1v) is 9.21. The molecule has 0 amide bonds. The van der Waals surface area contributed by atoms with E-state index < -0.39 is 10.0 Å². The van der Waals surface area contributed by atoms with Gasteiger partial charge >= 0.3 is 0 Å². The van der Waals surface area contributed by atoms with E-state index in [0.29, 0.717) is 5.75 Å². The first kappa shape index (κ1) is 18.0. The summed E-state index contributed by atoms with van der Waals surface area (Å²) >= 11 is 0. The fourth-order valence-corrected chi connectivity index (χ4v) is 3.53. The molecule has 0 unspecified atom stereocenters. The van der Waals surface area contributed by atoms with Crippen LogP contribution >= 0.6 is 0 Å². The molecule has 0 saturated carbocycles. The number of pyridine rings is 1. The van der Waals surface area contributed by atoms with Crippen molar-refractivity contribution in [1.29, 1.82) is 0 Å². The SMILES string of the molecule is COc1ccc(S(=O)(=O)NCc2ccc(-c3ccoc3)nc2)c(OC)c1. The Morgan fingerprint density at radius 1 is 1.12 bits per heavy atom. The number of hydrogen-bond donors (Lipinski definition) is 1. The second kappa shape index (κ2) is 7.59. The fraction of sp³-hybridized carbons (Fsp3) is 0.167. The highest BCUT2D eigenvalue weighted by molar-refractivity contribution is 7.89. The molecule has 0 radical (unpaired) electrons. The number of ether oxygens (including phenoxy) is 2. The number of aromatic nitrogens is 1. The van der Waals surface area contributed by atoms with Gasteiger partial charge in [0.15, 0.2) is 0 Å². The average Bonchev–Trinajstić information content (AvgIpc) is 3.21. The largest absolute Gasteiger partial charge is 0.497 e. The molecule has 0 fully saturated rings. The summed E-state index contributed by atoms with van der Waals surface area (Å²) in [7, 11) is -0.842. The van der Waals surface area contributed by atoms with Gasteiger partial charge in [-0.25, -0.2) is 13.1 Å². The Balaban J connectivity index is 1.74. The van der Waals surface area contributed by atoms with Crippen LogP contribution < -0.4 is 14.2 Å². The number of sulfonamides is 1. The van der Waals surface area contributed by atoms with Crippen LogP contribution in [0.3, 0.4) is 0 Å². The van der Waals surface area contributed by atoms with E-state index in [-0.39, 0.29) is 17.2 Å². The molecule has 0 spiro atoms. The molecule has 1 aromatic carbocycles. The zero-order chi connectivity index (χ0) is 18.6. The molecule has 3 rings (SSSR count). The summed E-state index contributed by atoms with van der Waals surface area (Å²) in [5, 5.41) is 0. The number of nitrogens with zero attached hydrogens (tertiary/aromatic N) is 1. The van der Waals surface area contributed by atoms with Crippen LogP contribution in [0.25, 0.3) is 11.3 Å². The number of nitrogens with one attached hydrogen (secondary N) is 1. The van der Waals surface area contributed by atoms with Crippen LogP contribution in [0.15, 0.2) is 64.4 Å². The van der Waals surface area contributed by atoms with Gasteiger partial charge in [-0.3, -0.25) is 4.98 Å². The molecule has 1 N–H and O–H groups in total. The number of furan rings is 1. The Kier molecular flexibility index (Phi) is 5.24. The molecule has 8 heteroatoms. The highest BCUT2D eigenvalue weighted by Crippen LogP contribution is 2.28. The first-order valence-electron chi connectivity index (χ1n) is 7.72.